The van der Waals surface area contributed by atoms with Gasteiger partial charge in [0.25, 0.3) is 0 Å². The number of fused-ring (bicyclic) bond motifs is 1. The normalized spacial score (nSPS) is 17.9. The van der Waals surface area contributed by atoms with E-state index in [1.165, 1.54) is 42.3 Å². The van der Waals surface area contributed by atoms with Crippen LogP contribution >= 0.6 is 11.6 Å². The van der Waals surface area contributed by atoms with Gasteiger partial charge in [-0.25, -0.2) is 0 Å². The second-order valence-corrected chi connectivity index (χ2v) is 6.44. The molecule has 0 aliphatic heterocycles. The van der Waals surface area contributed by atoms with Crippen LogP contribution in [0, 0.1) is 5.92 Å². The molecule has 0 amide bonds. The summed E-state index contributed by atoms with van der Waals surface area (Å²) >= 11 is 6.59. The Morgan fingerprint density at radius 1 is 1.30 bits per heavy atom. The van der Waals surface area contributed by atoms with Crippen LogP contribution in [0.1, 0.15) is 44.7 Å². The molecule has 1 aromatic carbocycles. The lowest BCUT2D eigenvalue weighted by Gasteiger charge is -2.15. The van der Waals surface area contributed by atoms with Gasteiger partial charge in [-0.15, -0.1) is 11.6 Å². The molecular weight excluding hydrogens is 268 g/mol. The zero-order valence-corrected chi connectivity index (χ0v) is 12.9. The van der Waals surface area contributed by atoms with Crippen LogP contribution < -0.4 is 0 Å². The molecule has 3 heteroatoms. The topological polar surface area (TPSA) is 17.8 Å². The smallest absolute Gasteiger partial charge is 0.0703 e. The number of benzene rings is 1. The molecule has 2 aromatic rings. The SMILES string of the molecule is CCn1nc(CCC(Cl)C2CCCC2)c2ccccc21. The monoisotopic (exact) mass is 290 g/mol. The summed E-state index contributed by atoms with van der Waals surface area (Å²) in [6, 6.07) is 8.53. The average Bonchev–Trinajstić information content (AvgIpc) is 3.13. The van der Waals surface area contributed by atoms with Crippen molar-refractivity contribution >= 4 is 22.5 Å². The van der Waals surface area contributed by atoms with Crippen LogP contribution in [0.4, 0.5) is 0 Å². The number of alkyl halides is 1. The van der Waals surface area contributed by atoms with Crippen LogP contribution in [0.3, 0.4) is 0 Å². The Morgan fingerprint density at radius 3 is 2.80 bits per heavy atom. The second-order valence-electron chi connectivity index (χ2n) is 5.88. The summed E-state index contributed by atoms with van der Waals surface area (Å²) in [7, 11) is 0. The average molecular weight is 291 g/mol. The van der Waals surface area contributed by atoms with E-state index in [2.05, 4.69) is 35.9 Å². The van der Waals surface area contributed by atoms with Crippen molar-refractivity contribution in [2.24, 2.45) is 5.92 Å². The number of nitrogens with zero attached hydrogens (tertiary/aromatic N) is 2. The van der Waals surface area contributed by atoms with E-state index in [1.54, 1.807) is 0 Å². The molecule has 1 saturated carbocycles. The lowest BCUT2D eigenvalue weighted by atomic mass is 9.98. The van der Waals surface area contributed by atoms with Crippen molar-refractivity contribution in [1.82, 2.24) is 9.78 Å². The minimum absolute atomic E-state index is 0.322. The predicted molar refractivity (Wildman–Crippen MR) is 85.3 cm³/mol. The minimum atomic E-state index is 0.322. The van der Waals surface area contributed by atoms with Gasteiger partial charge in [0.1, 0.15) is 0 Å². The summed E-state index contributed by atoms with van der Waals surface area (Å²) in [5, 5.41) is 6.38. The van der Waals surface area contributed by atoms with Gasteiger partial charge >= 0.3 is 0 Å². The maximum Gasteiger partial charge on any atom is 0.0703 e. The molecule has 1 heterocycles. The third-order valence-corrected chi connectivity index (χ3v) is 5.18. The van der Waals surface area contributed by atoms with Gasteiger partial charge in [0, 0.05) is 17.3 Å². The maximum atomic E-state index is 6.59. The number of para-hydroxylation sites is 1. The highest BCUT2D eigenvalue weighted by Crippen LogP contribution is 2.33. The number of rotatable bonds is 5. The summed E-state index contributed by atoms with van der Waals surface area (Å²) in [5.41, 5.74) is 2.46. The van der Waals surface area contributed by atoms with Gasteiger partial charge in [-0.3, -0.25) is 4.68 Å². The van der Waals surface area contributed by atoms with Crippen LogP contribution in [0.25, 0.3) is 10.9 Å². The Hall–Kier alpha value is -1.02. The largest absolute Gasteiger partial charge is 0.265 e. The number of aryl methyl sites for hydroxylation is 2. The first kappa shape index (κ1) is 13.9. The summed E-state index contributed by atoms with van der Waals surface area (Å²) in [4.78, 5) is 0. The van der Waals surface area contributed by atoms with E-state index in [4.69, 9.17) is 16.7 Å². The Labute approximate surface area is 126 Å². The molecular formula is C17H23ClN2. The third kappa shape index (κ3) is 2.71. The standard InChI is InChI=1S/C17H23ClN2/c1-2-20-17-10-6-5-9-14(17)16(19-20)12-11-15(18)13-7-3-4-8-13/h5-6,9-10,13,15H,2-4,7-8,11-12H2,1H3. The molecule has 0 radical (unpaired) electrons. The molecule has 1 aromatic heterocycles. The van der Waals surface area contributed by atoms with E-state index in [0.29, 0.717) is 5.38 Å². The molecule has 0 saturated heterocycles. The maximum absolute atomic E-state index is 6.59. The second kappa shape index (κ2) is 6.17. The molecule has 1 atom stereocenters. The van der Waals surface area contributed by atoms with Crippen molar-refractivity contribution in [2.75, 3.05) is 0 Å². The van der Waals surface area contributed by atoms with Crippen molar-refractivity contribution in [3.8, 4) is 0 Å². The molecule has 0 spiro atoms. The van der Waals surface area contributed by atoms with Gasteiger partial charge in [0.2, 0.25) is 0 Å². The molecule has 1 unspecified atom stereocenters. The first-order chi connectivity index (χ1) is 9.79. The molecule has 3 rings (SSSR count). The number of halogens is 1. The summed E-state index contributed by atoms with van der Waals surface area (Å²) in [6.45, 7) is 3.07. The first-order valence-electron chi connectivity index (χ1n) is 7.88. The van der Waals surface area contributed by atoms with Crippen LogP contribution in [0.5, 0.6) is 0 Å². The molecule has 0 N–H and O–H groups in total. The van der Waals surface area contributed by atoms with Crippen LogP contribution in [-0.4, -0.2) is 15.2 Å². The van der Waals surface area contributed by atoms with E-state index in [1.807, 2.05) is 0 Å². The zero-order chi connectivity index (χ0) is 13.9. The fraction of sp³-hybridized carbons (Fsp3) is 0.588. The number of aromatic nitrogens is 2. The Bertz CT molecular complexity index is 569. The van der Waals surface area contributed by atoms with Gasteiger partial charge in [0.15, 0.2) is 0 Å². The lowest BCUT2D eigenvalue weighted by molar-refractivity contribution is 0.490. The van der Waals surface area contributed by atoms with Crippen molar-refractivity contribution in [3.05, 3.63) is 30.0 Å². The molecule has 1 fully saturated rings. The predicted octanol–water partition coefficient (Wildman–Crippen LogP) is 4.79. The van der Waals surface area contributed by atoms with Crippen LogP contribution in [0.2, 0.25) is 0 Å². The Kier molecular flexibility index (Phi) is 4.30. The Morgan fingerprint density at radius 2 is 2.05 bits per heavy atom. The summed E-state index contributed by atoms with van der Waals surface area (Å²) in [5.74, 6) is 0.733. The minimum Gasteiger partial charge on any atom is -0.265 e. The Balaban J connectivity index is 1.74. The molecule has 2 nitrogen and oxygen atoms in total. The summed E-state index contributed by atoms with van der Waals surface area (Å²) in [6.07, 6.45) is 7.41. The highest BCUT2D eigenvalue weighted by molar-refractivity contribution is 6.20. The molecule has 1 aliphatic rings. The highest BCUT2D eigenvalue weighted by Gasteiger charge is 2.23. The molecule has 108 valence electrons. The molecule has 1 aliphatic carbocycles. The number of hydrogen-bond acceptors (Lipinski definition) is 1. The molecule has 20 heavy (non-hydrogen) atoms. The third-order valence-electron chi connectivity index (χ3n) is 4.60. The number of hydrogen-bond donors (Lipinski definition) is 0. The van der Waals surface area contributed by atoms with Crippen LogP contribution in [-0.2, 0) is 13.0 Å². The van der Waals surface area contributed by atoms with Gasteiger partial charge in [-0.2, -0.15) is 5.10 Å². The van der Waals surface area contributed by atoms with Gasteiger partial charge in [-0.05, 0) is 44.6 Å². The van der Waals surface area contributed by atoms with Crippen LogP contribution in [0.15, 0.2) is 24.3 Å². The lowest BCUT2D eigenvalue weighted by Crippen LogP contribution is -2.12. The van der Waals surface area contributed by atoms with Crippen molar-refractivity contribution in [1.29, 1.82) is 0 Å². The quantitative estimate of drug-likeness (QED) is 0.724. The molecule has 0 bridgehead atoms. The van der Waals surface area contributed by atoms with E-state index >= 15 is 0 Å². The van der Waals surface area contributed by atoms with E-state index < -0.39 is 0 Å². The first-order valence-corrected chi connectivity index (χ1v) is 8.31. The van der Waals surface area contributed by atoms with E-state index in [9.17, 15) is 0 Å². The van der Waals surface area contributed by atoms with Gasteiger partial charge in [-0.1, -0.05) is 31.0 Å². The van der Waals surface area contributed by atoms with Crippen molar-refractivity contribution in [3.63, 3.8) is 0 Å². The zero-order valence-electron chi connectivity index (χ0n) is 12.2. The fourth-order valence-electron chi connectivity index (χ4n) is 3.45. The van der Waals surface area contributed by atoms with Crippen molar-refractivity contribution < 1.29 is 0 Å². The van der Waals surface area contributed by atoms with Gasteiger partial charge < -0.3 is 0 Å². The van der Waals surface area contributed by atoms with E-state index in [-0.39, 0.29) is 0 Å². The fourth-order valence-corrected chi connectivity index (χ4v) is 3.81. The van der Waals surface area contributed by atoms with E-state index in [0.717, 1.165) is 25.3 Å². The highest BCUT2D eigenvalue weighted by atomic mass is 35.5. The summed E-state index contributed by atoms with van der Waals surface area (Å²) < 4.78 is 2.10. The van der Waals surface area contributed by atoms with Crippen molar-refractivity contribution in [2.45, 2.75) is 57.4 Å². The van der Waals surface area contributed by atoms with Gasteiger partial charge in [0.05, 0.1) is 11.2 Å².